The Hall–Kier alpha value is 0.110. The minimum atomic E-state index is -0.176. The number of benzene rings is 1. The molecule has 0 aliphatic heterocycles. The molecule has 1 N–H and O–H groups in total. The zero-order valence-electron chi connectivity index (χ0n) is 12.9. The largest absolute Gasteiger partial charge is 0.393 e. The number of hydrogen-bond donors (Lipinski definition) is 1. The molecular weight excluding hydrogens is 323 g/mol. The zero-order valence-corrected chi connectivity index (χ0v) is 15.2. The Morgan fingerprint density at radius 1 is 1.24 bits per heavy atom. The van der Waals surface area contributed by atoms with Crippen LogP contribution in [-0.4, -0.2) is 16.0 Å². The molecule has 0 amide bonds. The van der Waals surface area contributed by atoms with Gasteiger partial charge < -0.3 is 5.11 Å². The van der Waals surface area contributed by atoms with Crippen molar-refractivity contribution in [3.63, 3.8) is 0 Å². The maximum Gasteiger partial charge on any atom is 0.0595 e. The highest BCUT2D eigenvalue weighted by molar-refractivity contribution is 7.99. The van der Waals surface area contributed by atoms with E-state index in [1.807, 2.05) is 30.0 Å². The van der Waals surface area contributed by atoms with Crippen molar-refractivity contribution in [3.05, 3.63) is 33.8 Å². The van der Waals surface area contributed by atoms with E-state index in [1.54, 1.807) is 0 Å². The van der Waals surface area contributed by atoms with Gasteiger partial charge >= 0.3 is 0 Å². The summed E-state index contributed by atoms with van der Waals surface area (Å²) in [5.41, 5.74) is 1.18. The zero-order chi connectivity index (χ0) is 15.6. The third-order valence-corrected chi connectivity index (χ3v) is 6.83. The maximum atomic E-state index is 10.4. The van der Waals surface area contributed by atoms with Gasteiger partial charge in [0, 0.05) is 10.5 Å². The molecule has 2 rings (SSSR count). The van der Waals surface area contributed by atoms with Gasteiger partial charge in [-0.3, -0.25) is 0 Å². The molecule has 4 heteroatoms. The van der Waals surface area contributed by atoms with Crippen LogP contribution in [0, 0.1) is 11.8 Å². The molecule has 1 aromatic rings. The van der Waals surface area contributed by atoms with Crippen molar-refractivity contribution >= 4 is 35.0 Å². The monoisotopic (exact) mass is 346 g/mol. The summed E-state index contributed by atoms with van der Waals surface area (Å²) >= 11 is 13.9. The fourth-order valence-corrected chi connectivity index (χ4v) is 4.70. The minimum Gasteiger partial charge on any atom is -0.393 e. The number of halogens is 2. The lowest BCUT2D eigenvalue weighted by molar-refractivity contribution is 0.0349. The molecule has 118 valence electrons. The van der Waals surface area contributed by atoms with Crippen molar-refractivity contribution in [2.45, 2.75) is 56.6 Å². The van der Waals surface area contributed by atoms with Crippen LogP contribution in [0.15, 0.2) is 18.2 Å². The lowest BCUT2D eigenvalue weighted by atomic mass is 9.75. The molecule has 1 aliphatic rings. The van der Waals surface area contributed by atoms with Crippen LogP contribution in [0.5, 0.6) is 0 Å². The average molecular weight is 347 g/mol. The second-order valence-electron chi connectivity index (χ2n) is 6.73. The van der Waals surface area contributed by atoms with Crippen LogP contribution in [0.3, 0.4) is 0 Å². The molecule has 0 bridgehead atoms. The van der Waals surface area contributed by atoms with E-state index in [4.69, 9.17) is 23.2 Å². The minimum absolute atomic E-state index is 0.0612. The van der Waals surface area contributed by atoms with Crippen molar-refractivity contribution in [2.24, 2.45) is 11.8 Å². The lowest BCUT2D eigenvalue weighted by Gasteiger charge is -2.41. The summed E-state index contributed by atoms with van der Waals surface area (Å²) in [6.07, 6.45) is 3.09. The standard InChI is InChI=1S/C17H24Cl2OS/c1-11-4-6-13(16(20)8-11)17(2,3)21-10-12-5-7-14(18)15(19)9-12/h5,7,9,11,13,16,20H,4,6,8,10H2,1-3H3/t11-,13-,16-/m1/s1. The highest BCUT2D eigenvalue weighted by Gasteiger charge is 2.38. The Morgan fingerprint density at radius 2 is 1.95 bits per heavy atom. The highest BCUT2D eigenvalue weighted by atomic mass is 35.5. The van der Waals surface area contributed by atoms with Crippen molar-refractivity contribution < 1.29 is 5.11 Å². The van der Waals surface area contributed by atoms with E-state index in [9.17, 15) is 5.11 Å². The van der Waals surface area contributed by atoms with Gasteiger partial charge in [-0.15, -0.1) is 0 Å². The van der Waals surface area contributed by atoms with E-state index in [0.29, 0.717) is 21.9 Å². The molecule has 1 nitrogen and oxygen atoms in total. The van der Waals surface area contributed by atoms with Crippen molar-refractivity contribution in [2.75, 3.05) is 0 Å². The predicted octanol–water partition coefficient (Wildman–Crippen LogP) is 5.80. The number of rotatable bonds is 4. The molecule has 0 aromatic heterocycles. The van der Waals surface area contributed by atoms with Crippen LogP contribution in [0.2, 0.25) is 10.0 Å². The van der Waals surface area contributed by atoms with Crippen molar-refractivity contribution in [1.82, 2.24) is 0 Å². The van der Waals surface area contributed by atoms with Crippen LogP contribution in [-0.2, 0) is 5.75 Å². The van der Waals surface area contributed by atoms with Gasteiger partial charge in [0.25, 0.3) is 0 Å². The maximum absolute atomic E-state index is 10.4. The molecular formula is C17H24Cl2OS. The van der Waals surface area contributed by atoms with Gasteiger partial charge in [-0.2, -0.15) is 11.8 Å². The first-order chi connectivity index (χ1) is 9.79. The second-order valence-corrected chi connectivity index (χ2v) is 9.18. The first-order valence-electron chi connectivity index (χ1n) is 7.55. The van der Waals surface area contributed by atoms with E-state index in [2.05, 4.69) is 20.8 Å². The normalized spacial score (nSPS) is 26.9. The van der Waals surface area contributed by atoms with Crippen LogP contribution < -0.4 is 0 Å². The van der Waals surface area contributed by atoms with Gasteiger partial charge in [0.1, 0.15) is 0 Å². The Balaban J connectivity index is 1.98. The molecule has 0 saturated heterocycles. The Bertz CT molecular complexity index is 490. The fraction of sp³-hybridized carbons (Fsp3) is 0.647. The topological polar surface area (TPSA) is 20.2 Å². The summed E-state index contributed by atoms with van der Waals surface area (Å²) in [6, 6.07) is 5.81. The van der Waals surface area contributed by atoms with Crippen molar-refractivity contribution in [1.29, 1.82) is 0 Å². The fourth-order valence-electron chi connectivity index (χ4n) is 3.17. The smallest absolute Gasteiger partial charge is 0.0595 e. The highest BCUT2D eigenvalue weighted by Crippen LogP contribution is 2.43. The van der Waals surface area contributed by atoms with Crippen molar-refractivity contribution in [3.8, 4) is 0 Å². The summed E-state index contributed by atoms with van der Waals surface area (Å²) in [7, 11) is 0. The molecule has 0 unspecified atom stereocenters. The number of aliphatic hydroxyl groups excluding tert-OH is 1. The molecule has 21 heavy (non-hydrogen) atoms. The quantitative estimate of drug-likeness (QED) is 0.742. The van der Waals surface area contributed by atoms with E-state index in [-0.39, 0.29) is 10.9 Å². The van der Waals surface area contributed by atoms with E-state index >= 15 is 0 Å². The SMILES string of the molecule is C[C@@H]1CC[C@@H](C(C)(C)SCc2ccc(Cl)c(Cl)c2)[C@H](O)C1. The van der Waals surface area contributed by atoms with Crippen LogP contribution in [0.1, 0.15) is 45.6 Å². The molecule has 0 heterocycles. The van der Waals surface area contributed by atoms with Crippen LogP contribution in [0.25, 0.3) is 0 Å². The lowest BCUT2D eigenvalue weighted by Crippen LogP contribution is -2.41. The Morgan fingerprint density at radius 3 is 2.57 bits per heavy atom. The van der Waals surface area contributed by atoms with Gasteiger partial charge in [0.2, 0.25) is 0 Å². The van der Waals surface area contributed by atoms with Crippen LogP contribution >= 0.6 is 35.0 Å². The van der Waals surface area contributed by atoms with Gasteiger partial charge in [-0.25, -0.2) is 0 Å². The molecule has 3 atom stereocenters. The molecule has 1 aliphatic carbocycles. The third kappa shape index (κ3) is 4.54. The Labute approximate surface area is 142 Å². The summed E-state index contributed by atoms with van der Waals surface area (Å²) in [5.74, 6) is 1.90. The predicted molar refractivity (Wildman–Crippen MR) is 94.3 cm³/mol. The number of aliphatic hydroxyl groups is 1. The molecule has 1 fully saturated rings. The first kappa shape index (κ1) is 17.5. The van der Waals surface area contributed by atoms with Gasteiger partial charge in [0.15, 0.2) is 0 Å². The van der Waals surface area contributed by atoms with E-state index < -0.39 is 0 Å². The Kier molecular flexibility index (Phi) is 5.92. The molecule has 1 aromatic carbocycles. The molecule has 0 spiro atoms. The first-order valence-corrected chi connectivity index (χ1v) is 9.29. The average Bonchev–Trinajstić information content (AvgIpc) is 2.40. The second kappa shape index (κ2) is 7.12. The van der Waals surface area contributed by atoms with Gasteiger partial charge in [0.05, 0.1) is 16.1 Å². The summed E-state index contributed by atoms with van der Waals surface area (Å²) in [6.45, 7) is 6.73. The summed E-state index contributed by atoms with van der Waals surface area (Å²) in [4.78, 5) is 0. The molecule has 1 saturated carbocycles. The van der Waals surface area contributed by atoms with E-state index in [1.165, 1.54) is 12.0 Å². The molecule has 0 radical (unpaired) electrons. The summed E-state index contributed by atoms with van der Waals surface area (Å²) < 4.78 is 0.0612. The van der Waals surface area contributed by atoms with E-state index in [0.717, 1.165) is 18.6 Å². The van der Waals surface area contributed by atoms with Crippen LogP contribution in [0.4, 0.5) is 0 Å². The van der Waals surface area contributed by atoms with Gasteiger partial charge in [-0.05, 0) is 42.4 Å². The third-order valence-electron chi connectivity index (χ3n) is 4.57. The summed E-state index contributed by atoms with van der Waals surface area (Å²) in [5, 5.41) is 11.6. The number of thioether (sulfide) groups is 1. The number of hydrogen-bond acceptors (Lipinski definition) is 2. The van der Waals surface area contributed by atoms with Gasteiger partial charge in [-0.1, -0.05) is 56.5 Å².